The van der Waals surface area contributed by atoms with Crippen LogP contribution in [-0.2, 0) is 0 Å². The van der Waals surface area contributed by atoms with Gasteiger partial charge >= 0.3 is 0 Å². The van der Waals surface area contributed by atoms with E-state index in [-0.39, 0.29) is 0 Å². The molecule has 0 aromatic heterocycles. The Bertz CT molecular complexity index is 209. The molecule has 0 aromatic rings. The molecular weight excluding hydrogens is 244 g/mol. The Balaban J connectivity index is 2.63. The van der Waals surface area contributed by atoms with E-state index in [9.17, 15) is 0 Å². The first-order valence-electron chi connectivity index (χ1n) is 9.30. The highest BCUT2D eigenvalue weighted by Crippen LogP contribution is 2.23. The van der Waals surface area contributed by atoms with E-state index >= 15 is 0 Å². The molecule has 0 radical (unpaired) electrons. The summed E-state index contributed by atoms with van der Waals surface area (Å²) in [5.74, 6) is 0. The number of nitrogens with zero attached hydrogens (tertiary/aromatic N) is 1. The lowest BCUT2D eigenvalue weighted by atomic mass is 10.00. The predicted octanol–water partition coefficient (Wildman–Crippen LogP) is 4.59. The van der Waals surface area contributed by atoms with E-state index < -0.39 is 0 Å². The standard InChI is InChI=1S/C18H38N2/c1-4-7-15-20(16-8-5-2)18-13-11-9-10-12-17(18)19-14-6-3/h17-19H,4-16H2,1-3H3. The maximum Gasteiger partial charge on any atom is 0.0249 e. The van der Waals surface area contributed by atoms with E-state index in [1.807, 2.05) is 0 Å². The Morgan fingerprint density at radius 1 is 0.850 bits per heavy atom. The molecule has 0 amide bonds. The highest BCUT2D eigenvalue weighted by molar-refractivity contribution is 4.87. The molecule has 20 heavy (non-hydrogen) atoms. The molecule has 1 aliphatic rings. The van der Waals surface area contributed by atoms with Crippen LogP contribution in [0, 0.1) is 0 Å². The molecule has 0 aliphatic heterocycles. The van der Waals surface area contributed by atoms with Crippen molar-refractivity contribution in [2.75, 3.05) is 19.6 Å². The van der Waals surface area contributed by atoms with Crippen LogP contribution in [0.4, 0.5) is 0 Å². The second-order valence-electron chi connectivity index (χ2n) is 6.51. The zero-order chi connectivity index (χ0) is 14.6. The van der Waals surface area contributed by atoms with Gasteiger partial charge in [-0.05, 0) is 51.7 Å². The Labute approximate surface area is 127 Å². The average molecular weight is 283 g/mol. The smallest absolute Gasteiger partial charge is 0.0249 e. The van der Waals surface area contributed by atoms with Crippen molar-refractivity contribution in [1.82, 2.24) is 10.2 Å². The van der Waals surface area contributed by atoms with Crippen molar-refractivity contribution in [2.45, 2.75) is 97.1 Å². The van der Waals surface area contributed by atoms with Gasteiger partial charge in [-0.15, -0.1) is 0 Å². The predicted molar refractivity (Wildman–Crippen MR) is 90.3 cm³/mol. The van der Waals surface area contributed by atoms with Crippen LogP contribution < -0.4 is 5.32 Å². The molecule has 0 saturated heterocycles. The van der Waals surface area contributed by atoms with Gasteiger partial charge in [-0.1, -0.05) is 52.9 Å². The van der Waals surface area contributed by atoms with Crippen LogP contribution in [0.2, 0.25) is 0 Å². The van der Waals surface area contributed by atoms with Gasteiger partial charge in [0.25, 0.3) is 0 Å². The van der Waals surface area contributed by atoms with Crippen LogP contribution in [0.25, 0.3) is 0 Å². The van der Waals surface area contributed by atoms with Crippen molar-refractivity contribution < 1.29 is 0 Å². The van der Waals surface area contributed by atoms with Crippen molar-refractivity contribution in [3.63, 3.8) is 0 Å². The molecule has 0 bridgehead atoms. The fourth-order valence-electron chi connectivity index (χ4n) is 3.46. The van der Waals surface area contributed by atoms with Crippen LogP contribution in [0.15, 0.2) is 0 Å². The fraction of sp³-hybridized carbons (Fsp3) is 1.00. The van der Waals surface area contributed by atoms with Gasteiger partial charge in [0, 0.05) is 12.1 Å². The molecule has 1 N–H and O–H groups in total. The summed E-state index contributed by atoms with van der Waals surface area (Å²) in [7, 11) is 0. The Morgan fingerprint density at radius 3 is 2.10 bits per heavy atom. The van der Waals surface area contributed by atoms with Crippen molar-refractivity contribution in [2.24, 2.45) is 0 Å². The largest absolute Gasteiger partial charge is 0.312 e. The van der Waals surface area contributed by atoms with E-state index in [0.29, 0.717) is 0 Å². The minimum atomic E-state index is 0.742. The lowest BCUT2D eigenvalue weighted by Crippen LogP contribution is -2.50. The summed E-state index contributed by atoms with van der Waals surface area (Å²) in [5, 5.41) is 3.85. The van der Waals surface area contributed by atoms with Crippen molar-refractivity contribution in [3.8, 4) is 0 Å². The lowest BCUT2D eigenvalue weighted by molar-refractivity contribution is 0.143. The van der Waals surface area contributed by atoms with Gasteiger partial charge in [0.2, 0.25) is 0 Å². The molecule has 0 heterocycles. The van der Waals surface area contributed by atoms with Gasteiger partial charge in [-0.3, -0.25) is 4.90 Å². The first-order chi connectivity index (χ1) is 9.83. The van der Waals surface area contributed by atoms with Gasteiger partial charge in [0.1, 0.15) is 0 Å². The second kappa shape index (κ2) is 11.6. The SMILES string of the molecule is CCCCN(CCCC)C1CCCCCC1NCCC. The molecule has 0 spiro atoms. The average Bonchev–Trinajstić information content (AvgIpc) is 2.71. The van der Waals surface area contributed by atoms with Crippen LogP contribution in [0.5, 0.6) is 0 Å². The second-order valence-corrected chi connectivity index (χ2v) is 6.51. The van der Waals surface area contributed by atoms with Crippen LogP contribution in [0.3, 0.4) is 0 Å². The zero-order valence-corrected chi connectivity index (χ0v) is 14.3. The molecule has 1 fully saturated rings. The molecule has 0 aromatic carbocycles. The Kier molecular flexibility index (Phi) is 10.4. The monoisotopic (exact) mass is 282 g/mol. The number of hydrogen-bond acceptors (Lipinski definition) is 2. The maximum atomic E-state index is 3.85. The highest BCUT2D eigenvalue weighted by Gasteiger charge is 2.27. The molecule has 1 aliphatic carbocycles. The van der Waals surface area contributed by atoms with Crippen LogP contribution in [-0.4, -0.2) is 36.6 Å². The van der Waals surface area contributed by atoms with E-state index in [1.165, 1.54) is 83.8 Å². The quantitative estimate of drug-likeness (QED) is 0.590. The summed E-state index contributed by atoms with van der Waals surface area (Å²) in [6.45, 7) is 10.7. The summed E-state index contributed by atoms with van der Waals surface area (Å²) in [6.07, 6.45) is 13.7. The van der Waals surface area contributed by atoms with Gasteiger partial charge in [-0.25, -0.2) is 0 Å². The van der Waals surface area contributed by atoms with Crippen molar-refractivity contribution >= 4 is 0 Å². The van der Waals surface area contributed by atoms with Gasteiger partial charge in [-0.2, -0.15) is 0 Å². The third-order valence-electron chi connectivity index (χ3n) is 4.70. The fourth-order valence-corrected chi connectivity index (χ4v) is 3.46. The molecule has 1 saturated carbocycles. The normalized spacial score (nSPS) is 24.0. The van der Waals surface area contributed by atoms with E-state index in [1.54, 1.807) is 0 Å². The molecule has 2 nitrogen and oxygen atoms in total. The molecule has 2 unspecified atom stereocenters. The molecule has 2 heteroatoms. The maximum absolute atomic E-state index is 3.85. The summed E-state index contributed by atoms with van der Waals surface area (Å²) in [5.41, 5.74) is 0. The zero-order valence-electron chi connectivity index (χ0n) is 14.3. The number of unbranched alkanes of at least 4 members (excludes halogenated alkanes) is 2. The summed E-state index contributed by atoms with van der Waals surface area (Å²) in [6, 6.07) is 1.54. The molecule has 1 rings (SSSR count). The first-order valence-corrected chi connectivity index (χ1v) is 9.30. The molecule has 2 atom stereocenters. The van der Waals surface area contributed by atoms with Crippen LogP contribution in [0.1, 0.15) is 85.0 Å². The van der Waals surface area contributed by atoms with E-state index in [2.05, 4.69) is 31.0 Å². The van der Waals surface area contributed by atoms with Crippen LogP contribution >= 0.6 is 0 Å². The van der Waals surface area contributed by atoms with Crippen molar-refractivity contribution in [1.29, 1.82) is 0 Å². The topological polar surface area (TPSA) is 15.3 Å². The first kappa shape index (κ1) is 18.0. The molecule has 120 valence electrons. The Hall–Kier alpha value is -0.0800. The Morgan fingerprint density at radius 2 is 1.50 bits per heavy atom. The summed E-state index contributed by atoms with van der Waals surface area (Å²) < 4.78 is 0. The van der Waals surface area contributed by atoms with Gasteiger partial charge < -0.3 is 5.32 Å². The highest BCUT2D eigenvalue weighted by atomic mass is 15.2. The summed E-state index contributed by atoms with van der Waals surface area (Å²) >= 11 is 0. The minimum Gasteiger partial charge on any atom is -0.312 e. The third-order valence-corrected chi connectivity index (χ3v) is 4.70. The summed E-state index contributed by atoms with van der Waals surface area (Å²) in [4.78, 5) is 2.83. The van der Waals surface area contributed by atoms with E-state index in [4.69, 9.17) is 0 Å². The van der Waals surface area contributed by atoms with Gasteiger partial charge in [0.15, 0.2) is 0 Å². The van der Waals surface area contributed by atoms with Crippen molar-refractivity contribution in [3.05, 3.63) is 0 Å². The lowest BCUT2D eigenvalue weighted by Gasteiger charge is -2.37. The minimum absolute atomic E-state index is 0.742. The number of hydrogen-bond donors (Lipinski definition) is 1. The third kappa shape index (κ3) is 6.58. The number of rotatable bonds is 10. The van der Waals surface area contributed by atoms with Gasteiger partial charge in [0.05, 0.1) is 0 Å². The molecular formula is C18H38N2. The van der Waals surface area contributed by atoms with E-state index in [0.717, 1.165) is 12.1 Å². The number of nitrogens with one attached hydrogen (secondary N) is 1.